The molecule has 100 valence electrons. The van der Waals surface area contributed by atoms with Crippen LogP contribution in [-0.2, 0) is 0 Å². The van der Waals surface area contributed by atoms with Crippen LogP contribution in [0.2, 0.25) is 0 Å². The molecule has 2 nitrogen and oxygen atoms in total. The van der Waals surface area contributed by atoms with Crippen molar-refractivity contribution in [3.8, 4) is 0 Å². The van der Waals surface area contributed by atoms with Gasteiger partial charge in [0.05, 0.1) is 0 Å². The average molecular weight is 250 g/mol. The molecule has 1 fully saturated rings. The van der Waals surface area contributed by atoms with Crippen molar-refractivity contribution in [2.75, 3.05) is 24.5 Å². The molecular formula is C15H23FN2. The lowest BCUT2D eigenvalue weighted by Crippen LogP contribution is -2.37. The molecule has 1 atom stereocenters. The minimum atomic E-state index is -0.163. The largest absolute Gasteiger partial charge is 0.372 e. The van der Waals surface area contributed by atoms with Gasteiger partial charge in [-0.1, -0.05) is 6.42 Å². The molecule has 1 saturated heterocycles. The second-order valence-electron chi connectivity index (χ2n) is 4.99. The third-order valence-electron chi connectivity index (χ3n) is 3.73. The fourth-order valence-corrected chi connectivity index (χ4v) is 2.60. The Hall–Kier alpha value is -1.09. The normalized spacial score (nSPS) is 19.8. The summed E-state index contributed by atoms with van der Waals surface area (Å²) in [4.78, 5) is 2.32. The van der Waals surface area contributed by atoms with Crippen LogP contribution in [0.3, 0.4) is 0 Å². The standard InChI is InChI=1S/C15H23FN2/c1-2-18(15-8-6-13(16)7-9-15)12-10-14-5-3-4-11-17-14/h6-9,14,17H,2-5,10-12H2,1H3. The first-order chi connectivity index (χ1) is 8.79. The van der Waals surface area contributed by atoms with Gasteiger partial charge in [-0.2, -0.15) is 0 Å². The zero-order chi connectivity index (χ0) is 12.8. The number of halogens is 1. The number of hydrogen-bond acceptors (Lipinski definition) is 2. The van der Waals surface area contributed by atoms with E-state index in [2.05, 4.69) is 17.1 Å². The van der Waals surface area contributed by atoms with Crippen molar-refractivity contribution in [3.05, 3.63) is 30.1 Å². The molecule has 1 heterocycles. The highest BCUT2D eigenvalue weighted by Crippen LogP contribution is 2.17. The van der Waals surface area contributed by atoms with Crippen molar-refractivity contribution < 1.29 is 4.39 Å². The molecular weight excluding hydrogens is 227 g/mol. The van der Waals surface area contributed by atoms with Crippen LogP contribution in [-0.4, -0.2) is 25.7 Å². The first kappa shape index (κ1) is 13.3. The smallest absolute Gasteiger partial charge is 0.123 e. The van der Waals surface area contributed by atoms with E-state index in [1.807, 2.05) is 12.1 Å². The molecule has 3 heteroatoms. The van der Waals surface area contributed by atoms with Gasteiger partial charge < -0.3 is 10.2 Å². The minimum Gasteiger partial charge on any atom is -0.372 e. The van der Waals surface area contributed by atoms with Crippen molar-refractivity contribution in [3.63, 3.8) is 0 Å². The molecule has 1 aliphatic rings. The SMILES string of the molecule is CCN(CCC1CCCCN1)c1ccc(F)cc1. The topological polar surface area (TPSA) is 15.3 Å². The van der Waals surface area contributed by atoms with Crippen LogP contribution in [0.1, 0.15) is 32.6 Å². The summed E-state index contributed by atoms with van der Waals surface area (Å²) in [5.41, 5.74) is 1.12. The van der Waals surface area contributed by atoms with E-state index in [0.717, 1.165) is 25.3 Å². The summed E-state index contributed by atoms with van der Waals surface area (Å²) in [5.74, 6) is -0.163. The Morgan fingerprint density at radius 1 is 1.28 bits per heavy atom. The molecule has 18 heavy (non-hydrogen) atoms. The van der Waals surface area contributed by atoms with Gasteiger partial charge in [-0.25, -0.2) is 4.39 Å². The third-order valence-corrected chi connectivity index (χ3v) is 3.73. The second-order valence-corrected chi connectivity index (χ2v) is 4.99. The summed E-state index contributed by atoms with van der Waals surface area (Å²) >= 11 is 0. The van der Waals surface area contributed by atoms with Crippen molar-refractivity contribution >= 4 is 5.69 Å². The quantitative estimate of drug-likeness (QED) is 0.863. The molecule has 1 aromatic carbocycles. The predicted octanol–water partition coefficient (Wildman–Crippen LogP) is 3.18. The van der Waals surface area contributed by atoms with Gasteiger partial charge in [0.25, 0.3) is 0 Å². The Balaban J connectivity index is 1.86. The summed E-state index contributed by atoms with van der Waals surface area (Å²) in [7, 11) is 0. The number of hydrogen-bond donors (Lipinski definition) is 1. The molecule has 0 radical (unpaired) electrons. The van der Waals surface area contributed by atoms with Crippen LogP contribution >= 0.6 is 0 Å². The molecule has 0 aromatic heterocycles. The third kappa shape index (κ3) is 3.70. The van der Waals surface area contributed by atoms with Gasteiger partial charge in [0.2, 0.25) is 0 Å². The summed E-state index contributed by atoms with van der Waals surface area (Å²) < 4.78 is 12.9. The van der Waals surface area contributed by atoms with Gasteiger partial charge >= 0.3 is 0 Å². The number of benzene rings is 1. The van der Waals surface area contributed by atoms with Gasteiger partial charge in [0.15, 0.2) is 0 Å². The van der Waals surface area contributed by atoms with Crippen LogP contribution in [0.5, 0.6) is 0 Å². The molecule has 0 spiro atoms. The van der Waals surface area contributed by atoms with E-state index in [0.29, 0.717) is 6.04 Å². The lowest BCUT2D eigenvalue weighted by molar-refractivity contribution is 0.383. The summed E-state index contributed by atoms with van der Waals surface area (Å²) in [6.45, 7) is 5.32. The van der Waals surface area contributed by atoms with Gasteiger partial charge in [0.1, 0.15) is 5.82 Å². The fraction of sp³-hybridized carbons (Fsp3) is 0.600. The lowest BCUT2D eigenvalue weighted by Gasteiger charge is -2.28. The first-order valence-corrected chi connectivity index (χ1v) is 7.03. The Bertz CT molecular complexity index is 344. The van der Waals surface area contributed by atoms with E-state index in [9.17, 15) is 4.39 Å². The van der Waals surface area contributed by atoms with E-state index < -0.39 is 0 Å². The predicted molar refractivity (Wildman–Crippen MR) is 74.5 cm³/mol. The Labute approximate surface area is 109 Å². The fourth-order valence-electron chi connectivity index (χ4n) is 2.60. The summed E-state index contributed by atoms with van der Waals surface area (Å²) in [6.07, 6.45) is 5.12. The zero-order valence-electron chi connectivity index (χ0n) is 11.2. The van der Waals surface area contributed by atoms with Gasteiger partial charge in [-0.15, -0.1) is 0 Å². The number of piperidine rings is 1. The van der Waals surface area contributed by atoms with E-state index in [1.54, 1.807) is 0 Å². The van der Waals surface area contributed by atoms with Crippen LogP contribution in [0.15, 0.2) is 24.3 Å². The van der Waals surface area contributed by atoms with E-state index in [4.69, 9.17) is 0 Å². The highest BCUT2D eigenvalue weighted by Gasteiger charge is 2.13. The van der Waals surface area contributed by atoms with Crippen LogP contribution in [0.25, 0.3) is 0 Å². The van der Waals surface area contributed by atoms with Crippen molar-refractivity contribution in [1.82, 2.24) is 5.32 Å². The number of rotatable bonds is 5. The summed E-state index contributed by atoms with van der Waals surface area (Å²) in [5, 5.41) is 3.57. The summed E-state index contributed by atoms with van der Waals surface area (Å²) in [6, 6.07) is 7.47. The molecule has 1 aliphatic heterocycles. The molecule has 0 amide bonds. The maximum Gasteiger partial charge on any atom is 0.123 e. The van der Waals surface area contributed by atoms with Crippen molar-refractivity contribution in [1.29, 1.82) is 0 Å². The molecule has 1 aromatic rings. The van der Waals surface area contributed by atoms with Gasteiger partial charge in [0, 0.05) is 24.8 Å². The van der Waals surface area contributed by atoms with E-state index in [-0.39, 0.29) is 5.82 Å². The van der Waals surface area contributed by atoms with Gasteiger partial charge in [-0.05, 0) is 57.0 Å². The zero-order valence-corrected chi connectivity index (χ0v) is 11.2. The van der Waals surface area contributed by atoms with Gasteiger partial charge in [-0.3, -0.25) is 0 Å². The maximum absolute atomic E-state index is 12.9. The molecule has 0 bridgehead atoms. The first-order valence-electron chi connectivity index (χ1n) is 7.03. The molecule has 0 saturated carbocycles. The van der Waals surface area contributed by atoms with Crippen molar-refractivity contribution in [2.45, 2.75) is 38.6 Å². The average Bonchev–Trinajstić information content (AvgIpc) is 2.42. The number of nitrogens with one attached hydrogen (secondary N) is 1. The van der Waals surface area contributed by atoms with Crippen LogP contribution in [0, 0.1) is 5.82 Å². The monoisotopic (exact) mass is 250 g/mol. The molecule has 2 rings (SSSR count). The Morgan fingerprint density at radius 3 is 2.67 bits per heavy atom. The minimum absolute atomic E-state index is 0.163. The highest BCUT2D eigenvalue weighted by atomic mass is 19.1. The molecule has 0 aliphatic carbocycles. The Kier molecular flexibility index (Phi) is 5.00. The highest BCUT2D eigenvalue weighted by molar-refractivity contribution is 5.45. The second kappa shape index (κ2) is 6.74. The van der Waals surface area contributed by atoms with Crippen LogP contribution < -0.4 is 10.2 Å². The van der Waals surface area contributed by atoms with E-state index >= 15 is 0 Å². The lowest BCUT2D eigenvalue weighted by atomic mass is 10.0. The maximum atomic E-state index is 12.9. The van der Waals surface area contributed by atoms with Crippen LogP contribution in [0.4, 0.5) is 10.1 Å². The van der Waals surface area contributed by atoms with E-state index in [1.165, 1.54) is 37.8 Å². The van der Waals surface area contributed by atoms with Crippen molar-refractivity contribution in [2.24, 2.45) is 0 Å². The Morgan fingerprint density at radius 2 is 2.06 bits per heavy atom. The number of anilines is 1. The molecule has 1 unspecified atom stereocenters. The molecule has 1 N–H and O–H groups in total. The number of nitrogens with zero attached hydrogens (tertiary/aromatic N) is 1.